The summed E-state index contributed by atoms with van der Waals surface area (Å²) in [6.45, 7) is 7.89. The van der Waals surface area contributed by atoms with Crippen LogP contribution in [0.3, 0.4) is 0 Å². The van der Waals surface area contributed by atoms with Crippen LogP contribution >= 0.6 is 23.1 Å². The second-order valence-corrected chi connectivity index (χ2v) is 8.47. The maximum absolute atomic E-state index is 13.0. The fraction of sp³-hybridized carbons (Fsp3) is 0.238. The summed E-state index contributed by atoms with van der Waals surface area (Å²) in [7, 11) is 0. The number of benzene rings is 1. The summed E-state index contributed by atoms with van der Waals surface area (Å²) in [5, 5.41) is 10.2. The zero-order valence-corrected chi connectivity index (χ0v) is 17.8. The van der Waals surface area contributed by atoms with Crippen molar-refractivity contribution >= 4 is 44.9 Å². The minimum absolute atomic E-state index is 0.0430. The van der Waals surface area contributed by atoms with Gasteiger partial charge in [0.05, 0.1) is 17.2 Å². The highest BCUT2D eigenvalue weighted by Gasteiger charge is 2.20. The van der Waals surface area contributed by atoms with Gasteiger partial charge >= 0.3 is 0 Å². The summed E-state index contributed by atoms with van der Waals surface area (Å²) in [5.74, 6) is -0.157. The normalized spacial score (nSPS) is 10.7. The summed E-state index contributed by atoms with van der Waals surface area (Å²) in [6, 6.07) is 11.1. The van der Waals surface area contributed by atoms with E-state index in [1.165, 1.54) is 28.0 Å². The largest absolute Gasteiger partial charge is 0.298 e. The molecule has 0 fully saturated rings. The number of para-hydroxylation sites is 1. The molecule has 0 bridgehead atoms. The Morgan fingerprint density at radius 3 is 2.76 bits per heavy atom. The number of amides is 1. The Bertz CT molecular complexity index is 1160. The van der Waals surface area contributed by atoms with Crippen LogP contribution in [-0.2, 0) is 11.3 Å². The number of allylic oxidation sites excluding steroid dienone is 1. The maximum Gasteiger partial charge on any atom is 0.263 e. The topological polar surface area (TPSA) is 79.0 Å². The van der Waals surface area contributed by atoms with E-state index in [2.05, 4.69) is 11.6 Å². The predicted molar refractivity (Wildman–Crippen MR) is 119 cm³/mol. The lowest BCUT2D eigenvalue weighted by atomic mass is 10.2. The van der Waals surface area contributed by atoms with E-state index < -0.39 is 0 Å². The van der Waals surface area contributed by atoms with Gasteiger partial charge in [0.2, 0.25) is 5.91 Å². The molecule has 2 heterocycles. The first-order valence-corrected chi connectivity index (χ1v) is 10.7. The summed E-state index contributed by atoms with van der Waals surface area (Å²) in [4.78, 5) is 33.6. The van der Waals surface area contributed by atoms with Crippen LogP contribution in [0, 0.1) is 25.2 Å². The number of anilines is 1. The van der Waals surface area contributed by atoms with Gasteiger partial charge in [-0.3, -0.25) is 19.1 Å². The van der Waals surface area contributed by atoms with Gasteiger partial charge in [0.1, 0.15) is 11.4 Å². The van der Waals surface area contributed by atoms with Gasteiger partial charge in [-0.05, 0) is 31.5 Å². The average Bonchev–Trinajstić information content (AvgIpc) is 3.01. The number of thiophene rings is 1. The fourth-order valence-electron chi connectivity index (χ4n) is 2.92. The summed E-state index contributed by atoms with van der Waals surface area (Å²) in [6.07, 6.45) is 1.64. The van der Waals surface area contributed by atoms with E-state index >= 15 is 0 Å². The van der Waals surface area contributed by atoms with E-state index in [0.29, 0.717) is 27.6 Å². The molecule has 1 amide bonds. The lowest BCUT2D eigenvalue weighted by molar-refractivity contribution is -0.116. The number of rotatable bonds is 7. The number of hydrogen-bond donors (Lipinski definition) is 0. The lowest BCUT2D eigenvalue weighted by Gasteiger charge is -2.19. The summed E-state index contributed by atoms with van der Waals surface area (Å²) >= 11 is 2.68. The van der Waals surface area contributed by atoms with Crippen LogP contribution in [-0.4, -0.2) is 27.8 Å². The van der Waals surface area contributed by atoms with Gasteiger partial charge in [-0.1, -0.05) is 36.0 Å². The Balaban J connectivity index is 1.92. The zero-order chi connectivity index (χ0) is 21.0. The van der Waals surface area contributed by atoms with Crippen molar-refractivity contribution in [3.05, 3.63) is 63.8 Å². The predicted octanol–water partition coefficient (Wildman–Crippen LogP) is 3.91. The number of hydrogen-bond acceptors (Lipinski definition) is 6. The summed E-state index contributed by atoms with van der Waals surface area (Å²) < 4.78 is 1.55. The van der Waals surface area contributed by atoms with Crippen LogP contribution in [0.25, 0.3) is 10.2 Å². The van der Waals surface area contributed by atoms with E-state index in [4.69, 9.17) is 5.26 Å². The number of nitrogens with zero attached hydrogens (tertiary/aromatic N) is 4. The molecule has 1 aromatic carbocycles. The van der Waals surface area contributed by atoms with Crippen molar-refractivity contribution in [3.8, 4) is 6.07 Å². The van der Waals surface area contributed by atoms with Crippen molar-refractivity contribution < 1.29 is 4.79 Å². The molecule has 0 atom stereocenters. The third kappa shape index (κ3) is 4.26. The Morgan fingerprint density at radius 1 is 1.38 bits per heavy atom. The smallest absolute Gasteiger partial charge is 0.263 e. The molecule has 0 N–H and O–H groups in total. The molecule has 0 saturated heterocycles. The van der Waals surface area contributed by atoms with Crippen molar-refractivity contribution in [1.82, 2.24) is 9.55 Å². The van der Waals surface area contributed by atoms with Crippen LogP contribution in [0.4, 0.5) is 5.69 Å². The second-order valence-electron chi connectivity index (χ2n) is 6.32. The van der Waals surface area contributed by atoms with Crippen LogP contribution in [0.2, 0.25) is 0 Å². The molecule has 0 saturated carbocycles. The Hall–Kier alpha value is -2.89. The van der Waals surface area contributed by atoms with Gasteiger partial charge in [-0.25, -0.2) is 4.98 Å². The van der Waals surface area contributed by atoms with Crippen molar-refractivity contribution in [2.45, 2.75) is 25.5 Å². The molecule has 8 heteroatoms. The molecular formula is C21H20N4O2S2. The first kappa shape index (κ1) is 20.8. The van der Waals surface area contributed by atoms with Gasteiger partial charge in [0, 0.05) is 17.1 Å². The van der Waals surface area contributed by atoms with Crippen molar-refractivity contribution in [2.75, 3.05) is 17.2 Å². The van der Waals surface area contributed by atoms with Crippen LogP contribution in [0.1, 0.15) is 10.4 Å². The van der Waals surface area contributed by atoms with Crippen molar-refractivity contribution in [1.29, 1.82) is 5.26 Å². The lowest BCUT2D eigenvalue weighted by Crippen LogP contribution is -2.33. The standard InChI is InChI=1S/C21H20N4O2S2/c1-4-11-25-20(27)18-14(2)15(3)29-19(18)23-21(25)28-13-17(26)24(12-10-22)16-8-6-5-7-9-16/h4-9H,1,11-13H2,2-3H3. The van der Waals surface area contributed by atoms with Gasteiger partial charge in [-0.15, -0.1) is 17.9 Å². The third-order valence-corrected chi connectivity index (χ3v) is 6.55. The molecule has 2 aromatic heterocycles. The van der Waals surface area contributed by atoms with Crippen LogP contribution in [0.15, 0.2) is 52.9 Å². The first-order chi connectivity index (χ1) is 14.0. The summed E-state index contributed by atoms with van der Waals surface area (Å²) in [5.41, 5.74) is 1.48. The molecule has 0 radical (unpaired) electrons. The number of carbonyl (C=O) groups is 1. The number of thioether (sulfide) groups is 1. The maximum atomic E-state index is 13.0. The minimum Gasteiger partial charge on any atom is -0.298 e. The molecule has 0 unspecified atom stereocenters. The molecule has 29 heavy (non-hydrogen) atoms. The fourth-order valence-corrected chi connectivity index (χ4v) is 4.87. The molecule has 0 aliphatic rings. The Labute approximate surface area is 177 Å². The molecule has 0 aliphatic carbocycles. The van der Waals surface area contributed by atoms with E-state index in [1.54, 1.807) is 22.8 Å². The number of nitriles is 1. The highest BCUT2D eigenvalue weighted by molar-refractivity contribution is 7.99. The van der Waals surface area contributed by atoms with Crippen LogP contribution in [0.5, 0.6) is 0 Å². The highest BCUT2D eigenvalue weighted by atomic mass is 32.2. The monoisotopic (exact) mass is 424 g/mol. The SMILES string of the molecule is C=CCn1c(SCC(=O)N(CC#N)c2ccccc2)nc2sc(C)c(C)c2c1=O. The zero-order valence-electron chi connectivity index (χ0n) is 16.2. The van der Waals surface area contributed by atoms with Gasteiger partial charge in [0.25, 0.3) is 5.56 Å². The van der Waals surface area contributed by atoms with E-state index in [1.807, 2.05) is 38.1 Å². The number of fused-ring (bicyclic) bond motifs is 1. The number of aryl methyl sites for hydroxylation is 2. The third-order valence-electron chi connectivity index (χ3n) is 4.49. The molecule has 3 aromatic rings. The quantitative estimate of drug-likeness (QED) is 0.249. The highest BCUT2D eigenvalue weighted by Crippen LogP contribution is 2.28. The Morgan fingerprint density at radius 2 is 2.10 bits per heavy atom. The average molecular weight is 425 g/mol. The minimum atomic E-state index is -0.221. The molecule has 6 nitrogen and oxygen atoms in total. The van der Waals surface area contributed by atoms with Crippen molar-refractivity contribution in [3.63, 3.8) is 0 Å². The van der Waals surface area contributed by atoms with Gasteiger partial charge in [-0.2, -0.15) is 5.26 Å². The number of carbonyl (C=O) groups excluding carboxylic acids is 1. The molecule has 0 aliphatic heterocycles. The second kappa shape index (κ2) is 9.07. The van der Waals surface area contributed by atoms with E-state index in [9.17, 15) is 9.59 Å². The van der Waals surface area contributed by atoms with Crippen LogP contribution < -0.4 is 10.5 Å². The Kier molecular flexibility index (Phi) is 6.52. The van der Waals surface area contributed by atoms with Gasteiger partial charge in [0.15, 0.2) is 5.16 Å². The van der Waals surface area contributed by atoms with Gasteiger partial charge < -0.3 is 0 Å². The molecule has 148 valence electrons. The first-order valence-electron chi connectivity index (χ1n) is 8.94. The molecule has 3 rings (SSSR count). The molecular weight excluding hydrogens is 404 g/mol. The van der Waals surface area contributed by atoms with Crippen molar-refractivity contribution in [2.24, 2.45) is 0 Å². The van der Waals surface area contributed by atoms with E-state index in [-0.39, 0.29) is 23.8 Å². The number of aromatic nitrogens is 2. The molecule has 0 spiro atoms. The van der Waals surface area contributed by atoms with E-state index in [0.717, 1.165) is 10.4 Å².